The standard InChI is InChI=1S/C18H20N2O2/c1-20-16-9-5-14(11-13(16)6-10-17(20)21)18(19)12-3-7-15(22-2)8-4-12/h3-5,7-9,11,18H,6,10,19H2,1-2H3. The van der Waals surface area contributed by atoms with Gasteiger partial charge in [-0.25, -0.2) is 0 Å². The molecule has 1 atom stereocenters. The second kappa shape index (κ2) is 5.81. The molecule has 4 heteroatoms. The first-order valence-corrected chi connectivity index (χ1v) is 7.39. The molecule has 2 N–H and O–H groups in total. The zero-order chi connectivity index (χ0) is 15.7. The van der Waals surface area contributed by atoms with E-state index in [0.29, 0.717) is 6.42 Å². The molecule has 0 aliphatic carbocycles. The minimum atomic E-state index is -0.181. The summed E-state index contributed by atoms with van der Waals surface area (Å²) in [6.45, 7) is 0. The number of benzene rings is 2. The van der Waals surface area contributed by atoms with Crippen molar-refractivity contribution in [3.05, 3.63) is 59.2 Å². The molecule has 2 aromatic carbocycles. The second-order valence-electron chi connectivity index (χ2n) is 5.59. The van der Waals surface area contributed by atoms with E-state index in [1.54, 1.807) is 12.0 Å². The third-order valence-electron chi connectivity index (χ3n) is 4.28. The summed E-state index contributed by atoms with van der Waals surface area (Å²) in [6, 6.07) is 13.7. The number of methoxy groups -OCH3 is 1. The van der Waals surface area contributed by atoms with Crippen LogP contribution in [0.1, 0.15) is 29.2 Å². The van der Waals surface area contributed by atoms with Crippen molar-refractivity contribution in [3.63, 3.8) is 0 Å². The zero-order valence-electron chi connectivity index (χ0n) is 12.9. The van der Waals surface area contributed by atoms with Crippen molar-refractivity contribution in [3.8, 4) is 5.75 Å². The van der Waals surface area contributed by atoms with Crippen molar-refractivity contribution >= 4 is 11.6 Å². The Morgan fingerprint density at radius 3 is 2.45 bits per heavy atom. The van der Waals surface area contributed by atoms with E-state index < -0.39 is 0 Å². The van der Waals surface area contributed by atoms with Crippen molar-refractivity contribution in [2.45, 2.75) is 18.9 Å². The van der Waals surface area contributed by atoms with Gasteiger partial charge in [0.2, 0.25) is 5.91 Å². The molecule has 1 aliphatic heterocycles. The van der Waals surface area contributed by atoms with Crippen LogP contribution in [0.25, 0.3) is 0 Å². The van der Waals surface area contributed by atoms with Gasteiger partial charge in [0.15, 0.2) is 0 Å². The molecule has 1 amide bonds. The second-order valence-corrected chi connectivity index (χ2v) is 5.59. The average molecular weight is 296 g/mol. The number of ether oxygens (including phenoxy) is 1. The maximum atomic E-state index is 11.7. The van der Waals surface area contributed by atoms with Crippen molar-refractivity contribution in [2.24, 2.45) is 5.73 Å². The maximum absolute atomic E-state index is 11.7. The molecule has 0 bridgehead atoms. The summed E-state index contributed by atoms with van der Waals surface area (Å²) in [5, 5.41) is 0. The van der Waals surface area contributed by atoms with E-state index in [2.05, 4.69) is 6.07 Å². The summed E-state index contributed by atoms with van der Waals surface area (Å²) in [7, 11) is 3.47. The van der Waals surface area contributed by atoms with Gasteiger partial charge in [-0.15, -0.1) is 0 Å². The summed E-state index contributed by atoms with van der Waals surface area (Å²) in [4.78, 5) is 13.5. The van der Waals surface area contributed by atoms with Gasteiger partial charge in [0.25, 0.3) is 0 Å². The highest BCUT2D eigenvalue weighted by atomic mass is 16.5. The fourth-order valence-corrected chi connectivity index (χ4v) is 2.87. The lowest BCUT2D eigenvalue weighted by molar-refractivity contribution is -0.118. The summed E-state index contributed by atoms with van der Waals surface area (Å²) < 4.78 is 5.17. The van der Waals surface area contributed by atoms with Crippen LogP contribution in [-0.4, -0.2) is 20.1 Å². The first kappa shape index (κ1) is 14.6. The number of carbonyl (C=O) groups is 1. The van der Waals surface area contributed by atoms with Crippen LogP contribution < -0.4 is 15.4 Å². The molecule has 1 unspecified atom stereocenters. The molecule has 0 saturated heterocycles. The van der Waals surface area contributed by atoms with E-state index in [0.717, 1.165) is 29.0 Å². The number of fused-ring (bicyclic) bond motifs is 1. The molecular formula is C18H20N2O2. The maximum Gasteiger partial charge on any atom is 0.227 e. The Labute approximate surface area is 130 Å². The van der Waals surface area contributed by atoms with Crippen molar-refractivity contribution in [1.29, 1.82) is 0 Å². The Hall–Kier alpha value is -2.33. The highest BCUT2D eigenvalue weighted by Gasteiger charge is 2.21. The number of hydrogen-bond donors (Lipinski definition) is 1. The molecule has 3 rings (SSSR count). The molecule has 22 heavy (non-hydrogen) atoms. The van der Waals surface area contributed by atoms with Crippen molar-refractivity contribution < 1.29 is 9.53 Å². The predicted octanol–water partition coefficient (Wildman–Crippen LogP) is 2.65. The summed E-state index contributed by atoms with van der Waals surface area (Å²) in [6.07, 6.45) is 1.34. The van der Waals surface area contributed by atoms with Crippen LogP contribution in [0.4, 0.5) is 5.69 Å². The molecular weight excluding hydrogens is 276 g/mol. The largest absolute Gasteiger partial charge is 0.497 e. The van der Waals surface area contributed by atoms with Gasteiger partial charge in [-0.3, -0.25) is 4.79 Å². The summed E-state index contributed by atoms with van der Waals surface area (Å²) in [5.41, 5.74) is 10.7. The van der Waals surface area contributed by atoms with E-state index in [-0.39, 0.29) is 11.9 Å². The fraction of sp³-hybridized carbons (Fsp3) is 0.278. The first-order chi connectivity index (χ1) is 10.6. The molecule has 114 valence electrons. The number of nitrogens with two attached hydrogens (primary N) is 1. The lowest BCUT2D eigenvalue weighted by atomic mass is 9.93. The Morgan fingerprint density at radius 1 is 1.09 bits per heavy atom. The lowest BCUT2D eigenvalue weighted by Gasteiger charge is -2.27. The van der Waals surface area contributed by atoms with Gasteiger partial charge in [0.1, 0.15) is 5.75 Å². The molecule has 4 nitrogen and oxygen atoms in total. The monoisotopic (exact) mass is 296 g/mol. The SMILES string of the molecule is COc1ccc(C(N)c2ccc3c(c2)CCC(=O)N3C)cc1. The van der Waals surface area contributed by atoms with Gasteiger partial charge >= 0.3 is 0 Å². The smallest absolute Gasteiger partial charge is 0.227 e. The van der Waals surface area contributed by atoms with Crippen LogP contribution in [0.2, 0.25) is 0 Å². The zero-order valence-corrected chi connectivity index (χ0v) is 12.9. The van der Waals surface area contributed by atoms with E-state index in [4.69, 9.17) is 10.5 Å². The third-order valence-corrected chi connectivity index (χ3v) is 4.28. The Kier molecular flexibility index (Phi) is 3.86. The molecule has 0 fully saturated rings. The minimum Gasteiger partial charge on any atom is -0.497 e. The minimum absolute atomic E-state index is 0.166. The highest BCUT2D eigenvalue weighted by Crippen LogP contribution is 2.30. The number of carbonyl (C=O) groups excluding carboxylic acids is 1. The summed E-state index contributed by atoms with van der Waals surface area (Å²) in [5.74, 6) is 0.987. The number of anilines is 1. The van der Waals surface area contributed by atoms with Gasteiger partial charge < -0.3 is 15.4 Å². The Balaban J connectivity index is 1.90. The topological polar surface area (TPSA) is 55.6 Å². The van der Waals surface area contributed by atoms with Crippen LogP contribution in [0, 0.1) is 0 Å². The fourth-order valence-electron chi connectivity index (χ4n) is 2.87. The van der Waals surface area contributed by atoms with Crippen LogP contribution in [0.15, 0.2) is 42.5 Å². The van der Waals surface area contributed by atoms with E-state index in [1.807, 2.05) is 43.4 Å². The van der Waals surface area contributed by atoms with Gasteiger partial charge in [-0.05, 0) is 41.3 Å². The molecule has 0 spiro atoms. The van der Waals surface area contributed by atoms with Gasteiger partial charge in [0, 0.05) is 19.2 Å². The van der Waals surface area contributed by atoms with Crippen LogP contribution in [0.3, 0.4) is 0 Å². The normalized spacial score (nSPS) is 15.4. The lowest BCUT2D eigenvalue weighted by Crippen LogP contribution is -2.31. The van der Waals surface area contributed by atoms with Gasteiger partial charge in [0.05, 0.1) is 13.2 Å². The first-order valence-electron chi connectivity index (χ1n) is 7.39. The van der Waals surface area contributed by atoms with Crippen LogP contribution >= 0.6 is 0 Å². The van der Waals surface area contributed by atoms with Crippen molar-refractivity contribution in [2.75, 3.05) is 19.1 Å². The number of amides is 1. The number of rotatable bonds is 3. The molecule has 0 radical (unpaired) electrons. The molecule has 1 heterocycles. The van der Waals surface area contributed by atoms with E-state index in [9.17, 15) is 4.79 Å². The van der Waals surface area contributed by atoms with Gasteiger partial charge in [-0.2, -0.15) is 0 Å². The highest BCUT2D eigenvalue weighted by molar-refractivity contribution is 5.95. The van der Waals surface area contributed by atoms with E-state index in [1.165, 1.54) is 5.56 Å². The van der Waals surface area contributed by atoms with Gasteiger partial charge in [-0.1, -0.05) is 24.3 Å². The molecule has 0 aromatic heterocycles. The quantitative estimate of drug-likeness (QED) is 0.947. The number of aryl methyl sites for hydroxylation is 1. The van der Waals surface area contributed by atoms with Crippen LogP contribution in [-0.2, 0) is 11.2 Å². The predicted molar refractivity (Wildman–Crippen MR) is 87.2 cm³/mol. The Bertz CT molecular complexity index is 695. The third kappa shape index (κ3) is 2.57. The molecule has 2 aromatic rings. The molecule has 0 saturated carbocycles. The molecule has 1 aliphatic rings. The van der Waals surface area contributed by atoms with E-state index >= 15 is 0 Å². The average Bonchev–Trinajstić information content (AvgIpc) is 2.57. The summed E-state index contributed by atoms with van der Waals surface area (Å²) >= 11 is 0. The van der Waals surface area contributed by atoms with Crippen LogP contribution in [0.5, 0.6) is 5.75 Å². The number of hydrogen-bond acceptors (Lipinski definition) is 3. The number of nitrogens with zero attached hydrogens (tertiary/aromatic N) is 1. The van der Waals surface area contributed by atoms with Crippen molar-refractivity contribution in [1.82, 2.24) is 0 Å². The Morgan fingerprint density at radius 2 is 1.77 bits per heavy atom.